The van der Waals surface area contributed by atoms with Gasteiger partial charge < -0.3 is 24.2 Å². The van der Waals surface area contributed by atoms with E-state index in [1.54, 1.807) is 11.8 Å². The topological polar surface area (TPSA) is 76.8 Å². The Bertz CT molecular complexity index is 1120. The molecule has 1 aliphatic heterocycles. The van der Waals surface area contributed by atoms with Gasteiger partial charge in [0.1, 0.15) is 42.1 Å². The molecule has 0 bridgehead atoms. The molecule has 1 aromatic heterocycles. The van der Waals surface area contributed by atoms with Gasteiger partial charge in [-0.15, -0.1) is 0 Å². The molecule has 1 fully saturated rings. The highest BCUT2D eigenvalue weighted by Crippen LogP contribution is 2.28. The van der Waals surface area contributed by atoms with E-state index < -0.39 is 24.3 Å². The van der Waals surface area contributed by atoms with Crippen molar-refractivity contribution in [2.75, 3.05) is 13.1 Å². The Morgan fingerprint density at radius 1 is 1.09 bits per heavy atom. The normalized spacial score (nSPS) is 18.1. The fourth-order valence-electron chi connectivity index (χ4n) is 4.04. The van der Waals surface area contributed by atoms with E-state index in [1.807, 2.05) is 44.2 Å². The lowest BCUT2D eigenvalue weighted by molar-refractivity contribution is 0.0551. The highest BCUT2D eigenvalue weighted by molar-refractivity contribution is 5.68. The summed E-state index contributed by atoms with van der Waals surface area (Å²) in [6.45, 7) is 6.29. The monoisotopic (exact) mass is 471 g/mol. The van der Waals surface area contributed by atoms with Crippen molar-refractivity contribution in [3.8, 4) is 17.0 Å². The number of carbonyl (C=O) groups excluding carboxylic acids is 1. The number of ether oxygens (including phenoxy) is 2. The Balaban J connectivity index is 1.43. The average molecular weight is 472 g/mol. The van der Waals surface area contributed by atoms with Crippen LogP contribution in [0.1, 0.15) is 30.7 Å². The molecule has 1 N–H and O–H groups in total. The number of halogens is 2. The van der Waals surface area contributed by atoms with Crippen molar-refractivity contribution in [2.45, 2.75) is 46.1 Å². The number of nitrogens with zero attached hydrogens (tertiary/aromatic N) is 2. The van der Waals surface area contributed by atoms with Crippen LogP contribution in [0.4, 0.5) is 13.6 Å². The summed E-state index contributed by atoms with van der Waals surface area (Å²) in [5, 5.41) is 7.29. The molecular weight excluding hydrogens is 444 g/mol. The number of hydrogen-bond donors (Lipinski definition) is 1. The molecule has 4 rings (SSSR count). The van der Waals surface area contributed by atoms with Gasteiger partial charge in [0, 0.05) is 42.9 Å². The van der Waals surface area contributed by atoms with Gasteiger partial charge in [-0.05, 0) is 20.8 Å². The van der Waals surface area contributed by atoms with Gasteiger partial charge >= 0.3 is 6.09 Å². The lowest BCUT2D eigenvalue weighted by Crippen LogP contribution is -2.57. The number of hydrogen-bond acceptors (Lipinski definition) is 6. The first-order valence-corrected chi connectivity index (χ1v) is 11.1. The van der Waals surface area contributed by atoms with Gasteiger partial charge in [-0.3, -0.25) is 0 Å². The molecule has 2 unspecified atom stereocenters. The Labute approximate surface area is 196 Å². The van der Waals surface area contributed by atoms with Crippen LogP contribution in [0.3, 0.4) is 0 Å². The van der Waals surface area contributed by atoms with Gasteiger partial charge in [0.2, 0.25) is 0 Å². The molecule has 0 spiro atoms. The van der Waals surface area contributed by atoms with Crippen molar-refractivity contribution < 1.29 is 27.6 Å². The first kappa shape index (κ1) is 23.7. The van der Waals surface area contributed by atoms with E-state index in [-0.39, 0.29) is 30.0 Å². The number of aromatic nitrogens is 1. The first-order valence-electron chi connectivity index (χ1n) is 11.1. The van der Waals surface area contributed by atoms with Crippen molar-refractivity contribution in [3.63, 3.8) is 0 Å². The standard InChI is InChI=1S/C25H27F2N3O4/c1-15-11-28-12-16(2)30(15)25(31)33-14-21-22(26)9-19(10-23(21)27)32-13-20-17(3)34-29-24(20)18-7-5-4-6-8-18/h4-10,15-16,28H,11-14H2,1-3H3. The lowest BCUT2D eigenvalue weighted by Gasteiger charge is -2.38. The largest absolute Gasteiger partial charge is 0.488 e. The quantitative estimate of drug-likeness (QED) is 0.555. The molecule has 0 saturated carbocycles. The fourth-order valence-corrected chi connectivity index (χ4v) is 4.04. The van der Waals surface area contributed by atoms with Crippen LogP contribution in [0, 0.1) is 18.6 Å². The minimum absolute atomic E-state index is 0.00837. The number of piperazine rings is 1. The molecule has 2 aromatic carbocycles. The summed E-state index contributed by atoms with van der Waals surface area (Å²) in [5.41, 5.74) is 1.81. The summed E-state index contributed by atoms with van der Waals surface area (Å²) >= 11 is 0. The zero-order valence-electron chi connectivity index (χ0n) is 19.3. The van der Waals surface area contributed by atoms with Crippen LogP contribution in [0.25, 0.3) is 11.3 Å². The first-order chi connectivity index (χ1) is 16.3. The predicted molar refractivity (Wildman–Crippen MR) is 121 cm³/mol. The third-order valence-electron chi connectivity index (χ3n) is 5.91. The molecule has 7 nitrogen and oxygen atoms in total. The third kappa shape index (κ3) is 5.04. The maximum atomic E-state index is 14.7. The summed E-state index contributed by atoms with van der Waals surface area (Å²) in [7, 11) is 0. The predicted octanol–water partition coefficient (Wildman–Crippen LogP) is 4.83. The van der Waals surface area contributed by atoms with Crippen molar-refractivity contribution in [1.82, 2.24) is 15.4 Å². The molecule has 2 heterocycles. The second-order valence-corrected chi connectivity index (χ2v) is 8.40. The zero-order valence-corrected chi connectivity index (χ0v) is 19.3. The second-order valence-electron chi connectivity index (χ2n) is 8.40. The SMILES string of the molecule is Cc1onc(-c2ccccc2)c1COc1cc(F)c(COC(=O)N2C(C)CNCC2C)c(F)c1. The molecule has 180 valence electrons. The van der Waals surface area contributed by atoms with Crippen LogP contribution < -0.4 is 10.1 Å². The van der Waals surface area contributed by atoms with Crippen LogP contribution in [0.15, 0.2) is 47.0 Å². The zero-order chi connectivity index (χ0) is 24.2. The van der Waals surface area contributed by atoms with Gasteiger partial charge in [-0.1, -0.05) is 35.5 Å². The van der Waals surface area contributed by atoms with Gasteiger partial charge in [0.05, 0.1) is 11.1 Å². The number of aryl methyl sites for hydroxylation is 1. The maximum absolute atomic E-state index is 14.7. The molecule has 1 aliphatic rings. The highest BCUT2D eigenvalue weighted by Gasteiger charge is 2.30. The number of amides is 1. The minimum Gasteiger partial charge on any atom is -0.488 e. The molecule has 0 radical (unpaired) electrons. The fraction of sp³-hybridized carbons (Fsp3) is 0.360. The Hall–Kier alpha value is -3.46. The summed E-state index contributed by atoms with van der Waals surface area (Å²) in [6, 6.07) is 11.4. The number of benzene rings is 2. The van der Waals surface area contributed by atoms with Crippen molar-refractivity contribution in [1.29, 1.82) is 0 Å². The van der Waals surface area contributed by atoms with Crippen LogP contribution in [-0.4, -0.2) is 41.3 Å². The summed E-state index contributed by atoms with van der Waals surface area (Å²) in [5.74, 6) is -1.14. The molecule has 34 heavy (non-hydrogen) atoms. The van der Waals surface area contributed by atoms with Crippen molar-refractivity contribution in [2.24, 2.45) is 0 Å². The maximum Gasteiger partial charge on any atom is 0.410 e. The Morgan fingerprint density at radius 3 is 2.38 bits per heavy atom. The van der Waals surface area contributed by atoms with E-state index in [0.717, 1.165) is 17.7 Å². The smallest absolute Gasteiger partial charge is 0.410 e. The van der Waals surface area contributed by atoms with Gasteiger partial charge in [0.25, 0.3) is 0 Å². The Kier molecular flexibility index (Phi) is 7.12. The lowest BCUT2D eigenvalue weighted by atomic mass is 10.1. The molecule has 0 aliphatic carbocycles. The number of nitrogens with one attached hydrogen (secondary N) is 1. The van der Waals surface area contributed by atoms with Crippen molar-refractivity contribution >= 4 is 6.09 Å². The van der Waals surface area contributed by atoms with Crippen LogP contribution in [0.5, 0.6) is 5.75 Å². The summed E-state index contributed by atoms with van der Waals surface area (Å²) in [4.78, 5) is 14.1. The molecule has 1 amide bonds. The second kappa shape index (κ2) is 10.2. The van der Waals surface area contributed by atoms with Crippen molar-refractivity contribution in [3.05, 3.63) is 71.0 Å². The van der Waals surface area contributed by atoms with E-state index in [4.69, 9.17) is 14.0 Å². The summed E-state index contributed by atoms with van der Waals surface area (Å²) in [6.07, 6.45) is -0.600. The third-order valence-corrected chi connectivity index (χ3v) is 5.91. The van der Waals surface area contributed by atoms with Crippen LogP contribution >= 0.6 is 0 Å². The van der Waals surface area contributed by atoms with Crippen LogP contribution in [-0.2, 0) is 18.0 Å². The van der Waals surface area contributed by atoms with Gasteiger partial charge in [-0.2, -0.15) is 0 Å². The van der Waals surface area contributed by atoms with E-state index in [2.05, 4.69) is 10.5 Å². The molecule has 2 atom stereocenters. The molecule has 9 heteroatoms. The number of carbonyl (C=O) groups is 1. The van der Waals surface area contributed by atoms with E-state index >= 15 is 0 Å². The van der Waals surface area contributed by atoms with E-state index in [0.29, 0.717) is 30.1 Å². The summed E-state index contributed by atoms with van der Waals surface area (Å²) < 4.78 is 45.5. The Morgan fingerprint density at radius 2 is 1.74 bits per heavy atom. The van der Waals surface area contributed by atoms with Crippen LogP contribution in [0.2, 0.25) is 0 Å². The average Bonchev–Trinajstić information content (AvgIpc) is 3.18. The highest BCUT2D eigenvalue weighted by atomic mass is 19.1. The van der Waals surface area contributed by atoms with E-state index in [9.17, 15) is 13.6 Å². The minimum atomic E-state index is -0.852. The molecule has 1 saturated heterocycles. The van der Waals surface area contributed by atoms with Gasteiger partial charge in [-0.25, -0.2) is 13.6 Å². The molecule has 3 aromatic rings. The molecular formula is C25H27F2N3O4. The number of rotatable bonds is 6. The van der Waals surface area contributed by atoms with Gasteiger partial charge in [0.15, 0.2) is 0 Å². The van der Waals surface area contributed by atoms with E-state index in [1.165, 1.54) is 0 Å².